The number of hydrogen-bond acceptors (Lipinski definition) is 9. The van der Waals surface area contributed by atoms with Crippen molar-refractivity contribution in [2.45, 2.75) is 18.9 Å². The Hall–Kier alpha value is -4.88. The van der Waals surface area contributed by atoms with Crippen LogP contribution >= 0.6 is 0 Å². The molecule has 1 atom stereocenters. The van der Waals surface area contributed by atoms with Crippen molar-refractivity contribution in [2.24, 2.45) is 19.8 Å². The van der Waals surface area contributed by atoms with Crippen LogP contribution in [0.1, 0.15) is 33.7 Å². The molecule has 0 bridgehead atoms. The lowest BCUT2D eigenvalue weighted by Gasteiger charge is -2.19. The Morgan fingerprint density at radius 2 is 1.81 bits per heavy atom. The van der Waals surface area contributed by atoms with E-state index in [4.69, 9.17) is 10.5 Å². The number of ether oxygens (including phenoxy) is 1. The van der Waals surface area contributed by atoms with Crippen LogP contribution in [0, 0.1) is 0 Å². The summed E-state index contributed by atoms with van der Waals surface area (Å²) in [6.45, 7) is 0. The largest absolute Gasteiger partial charge is 0.465 e. The highest BCUT2D eigenvalue weighted by Gasteiger charge is 2.25. The summed E-state index contributed by atoms with van der Waals surface area (Å²) in [6.07, 6.45) is 0.653. The van der Waals surface area contributed by atoms with Crippen LogP contribution in [-0.2, 0) is 28.4 Å². The molecule has 0 saturated carbocycles. The van der Waals surface area contributed by atoms with Crippen molar-refractivity contribution in [1.82, 2.24) is 24.4 Å². The second kappa shape index (κ2) is 10.6. The number of benzene rings is 1. The lowest BCUT2D eigenvalue weighted by molar-refractivity contribution is -0.119. The fraction of sp³-hybridized carbons (Fsp3) is 0.273. The van der Waals surface area contributed by atoms with Gasteiger partial charge < -0.3 is 21.1 Å². The fourth-order valence-electron chi connectivity index (χ4n) is 3.33. The average Bonchev–Trinajstić information content (AvgIpc) is 2.87. The maximum absolute atomic E-state index is 13.0. The first-order valence-corrected chi connectivity index (χ1v) is 10.5. The summed E-state index contributed by atoms with van der Waals surface area (Å²) in [5.41, 5.74) is 3.49. The summed E-state index contributed by atoms with van der Waals surface area (Å²) in [7, 11) is 3.84. The Bertz CT molecular complexity index is 1490. The molecule has 2 heterocycles. The highest BCUT2D eigenvalue weighted by atomic mass is 16.5. The first-order chi connectivity index (χ1) is 17.0. The predicted molar refractivity (Wildman–Crippen MR) is 126 cm³/mol. The molecule has 0 aliphatic rings. The van der Waals surface area contributed by atoms with E-state index in [2.05, 4.69) is 20.6 Å². The van der Waals surface area contributed by atoms with Crippen LogP contribution < -0.4 is 27.6 Å². The lowest BCUT2D eigenvalue weighted by atomic mass is 10.1. The number of aryl methyl sites for hydroxylation is 1. The molecule has 0 radical (unpaired) electrons. The molecule has 3 rings (SSSR count). The highest BCUT2D eigenvalue weighted by molar-refractivity contribution is 6.04. The van der Waals surface area contributed by atoms with Crippen molar-refractivity contribution in [1.29, 1.82) is 0 Å². The molecule has 0 saturated heterocycles. The van der Waals surface area contributed by atoms with Gasteiger partial charge in [0.25, 0.3) is 11.5 Å². The van der Waals surface area contributed by atoms with Crippen molar-refractivity contribution in [2.75, 3.05) is 12.4 Å². The number of nitrogens with two attached hydrogens (primary N) is 1. The Labute approximate surface area is 203 Å². The molecule has 0 fully saturated rings. The number of para-hydroxylation sites is 1. The number of hydrogen-bond donors (Lipinski definition) is 3. The van der Waals surface area contributed by atoms with Crippen molar-refractivity contribution >= 4 is 40.5 Å². The second-order valence-corrected chi connectivity index (χ2v) is 7.69. The van der Waals surface area contributed by atoms with Gasteiger partial charge >= 0.3 is 11.7 Å². The van der Waals surface area contributed by atoms with Gasteiger partial charge in [-0.2, -0.15) is 0 Å². The smallest absolute Gasteiger partial charge is 0.339 e. The first-order valence-electron chi connectivity index (χ1n) is 10.5. The molecule has 3 aromatic rings. The zero-order valence-electron chi connectivity index (χ0n) is 19.6. The number of nitrogens with zero attached hydrogens (tertiary/aromatic N) is 4. The molecule has 0 spiro atoms. The third-order valence-corrected chi connectivity index (χ3v) is 5.28. The van der Waals surface area contributed by atoms with Gasteiger partial charge in [0.1, 0.15) is 11.7 Å². The van der Waals surface area contributed by atoms with E-state index >= 15 is 0 Å². The highest BCUT2D eigenvalue weighted by Crippen LogP contribution is 2.17. The van der Waals surface area contributed by atoms with Gasteiger partial charge in [0, 0.05) is 20.5 Å². The number of aromatic nitrogens is 4. The third kappa shape index (κ3) is 5.27. The molecule has 0 aliphatic carbocycles. The van der Waals surface area contributed by atoms with E-state index in [1.54, 1.807) is 12.1 Å². The molecular weight excluding hydrogens is 474 g/mol. The molecule has 4 N–H and O–H groups in total. The standard InChI is InChI=1S/C22H23N7O7/c1-28-17-16(20(33)29(2)22(28)35)25-14(10-24-17)19(32)27-13(8-9-15(23)30)18(31)26-12-7-5-4-6-11(12)21(34)36-3/h4-7,10,13H,8-9H2,1-3H3,(H2,23,30)(H,26,31)(H,27,32). The molecule has 14 nitrogen and oxygen atoms in total. The number of primary amides is 1. The van der Waals surface area contributed by atoms with E-state index in [-0.39, 0.29) is 41.0 Å². The summed E-state index contributed by atoms with van der Waals surface area (Å²) in [4.78, 5) is 81.8. The molecule has 14 heteroatoms. The van der Waals surface area contributed by atoms with Crippen LogP contribution in [0.3, 0.4) is 0 Å². The van der Waals surface area contributed by atoms with E-state index in [0.717, 1.165) is 15.3 Å². The minimum Gasteiger partial charge on any atom is -0.465 e. The molecule has 3 amide bonds. The average molecular weight is 497 g/mol. The predicted octanol–water partition coefficient (Wildman–Crippen LogP) is -1.18. The van der Waals surface area contributed by atoms with E-state index in [1.807, 2.05) is 0 Å². The van der Waals surface area contributed by atoms with Crippen molar-refractivity contribution in [3.05, 3.63) is 62.6 Å². The molecule has 188 valence electrons. The zero-order valence-corrected chi connectivity index (χ0v) is 19.6. The maximum Gasteiger partial charge on any atom is 0.339 e. The van der Waals surface area contributed by atoms with Gasteiger partial charge in [0.2, 0.25) is 11.8 Å². The topological polar surface area (TPSA) is 197 Å². The number of methoxy groups -OCH3 is 1. The van der Waals surface area contributed by atoms with Gasteiger partial charge in [0.05, 0.1) is 24.6 Å². The Balaban J connectivity index is 1.91. The number of nitrogens with one attached hydrogen (secondary N) is 2. The number of amides is 3. The number of fused-ring (bicyclic) bond motifs is 1. The Kier molecular flexibility index (Phi) is 7.57. The van der Waals surface area contributed by atoms with E-state index in [1.165, 1.54) is 33.3 Å². The van der Waals surface area contributed by atoms with Gasteiger partial charge in [-0.25, -0.2) is 19.6 Å². The van der Waals surface area contributed by atoms with Crippen LogP contribution in [-0.4, -0.2) is 55.9 Å². The van der Waals surface area contributed by atoms with Crippen LogP contribution in [0.15, 0.2) is 40.1 Å². The molecule has 2 aromatic heterocycles. The summed E-state index contributed by atoms with van der Waals surface area (Å²) in [6, 6.07) is 4.80. The van der Waals surface area contributed by atoms with Gasteiger partial charge in [0.15, 0.2) is 11.2 Å². The van der Waals surface area contributed by atoms with E-state index < -0.39 is 41.0 Å². The van der Waals surface area contributed by atoms with Gasteiger partial charge in [-0.15, -0.1) is 0 Å². The number of esters is 1. The zero-order chi connectivity index (χ0) is 26.6. The van der Waals surface area contributed by atoms with E-state index in [0.29, 0.717) is 0 Å². The van der Waals surface area contributed by atoms with Gasteiger partial charge in [-0.3, -0.25) is 28.3 Å². The number of carbonyl (C=O) groups excluding carboxylic acids is 4. The summed E-state index contributed by atoms with van der Waals surface area (Å²) < 4.78 is 6.63. The minimum absolute atomic E-state index is 0.0258. The fourth-order valence-corrected chi connectivity index (χ4v) is 3.33. The normalized spacial score (nSPS) is 11.5. The minimum atomic E-state index is -1.27. The third-order valence-electron chi connectivity index (χ3n) is 5.28. The summed E-state index contributed by atoms with van der Waals surface area (Å²) >= 11 is 0. The first kappa shape index (κ1) is 25.7. The number of rotatable bonds is 8. The van der Waals surface area contributed by atoms with E-state index in [9.17, 15) is 28.8 Å². The molecular formula is C22H23N7O7. The Morgan fingerprint density at radius 1 is 1.11 bits per heavy atom. The van der Waals surface area contributed by atoms with Crippen molar-refractivity contribution in [3.8, 4) is 0 Å². The van der Waals surface area contributed by atoms with Gasteiger partial charge in [-0.1, -0.05) is 12.1 Å². The maximum atomic E-state index is 13.0. The molecule has 0 aliphatic heterocycles. The molecule has 1 aromatic carbocycles. The second-order valence-electron chi connectivity index (χ2n) is 7.69. The van der Waals surface area contributed by atoms with Crippen LogP contribution in [0.5, 0.6) is 0 Å². The van der Waals surface area contributed by atoms with Crippen LogP contribution in [0.25, 0.3) is 11.2 Å². The van der Waals surface area contributed by atoms with Crippen LogP contribution in [0.4, 0.5) is 5.69 Å². The Morgan fingerprint density at radius 3 is 2.47 bits per heavy atom. The summed E-state index contributed by atoms with van der Waals surface area (Å²) in [5, 5.41) is 4.97. The summed E-state index contributed by atoms with van der Waals surface area (Å²) in [5.74, 6) is -3.00. The van der Waals surface area contributed by atoms with Crippen molar-refractivity contribution < 1.29 is 23.9 Å². The van der Waals surface area contributed by atoms with Crippen LogP contribution in [0.2, 0.25) is 0 Å². The molecule has 1 unspecified atom stereocenters. The quantitative estimate of drug-likeness (QED) is 0.321. The van der Waals surface area contributed by atoms with Gasteiger partial charge in [-0.05, 0) is 18.6 Å². The number of carbonyl (C=O) groups is 4. The van der Waals surface area contributed by atoms with Crippen molar-refractivity contribution in [3.63, 3.8) is 0 Å². The number of anilines is 1. The molecule has 36 heavy (non-hydrogen) atoms. The SMILES string of the molecule is COC(=O)c1ccccc1NC(=O)C(CCC(N)=O)NC(=O)c1cnc2c(n1)c(=O)n(C)c(=O)n2C. The monoisotopic (exact) mass is 497 g/mol. The lowest BCUT2D eigenvalue weighted by Crippen LogP contribution is -2.45.